The molecule has 0 spiro atoms. The van der Waals surface area contributed by atoms with Crippen LogP contribution in [0.1, 0.15) is 64.7 Å². The molecule has 1 aromatic carbocycles. The minimum atomic E-state index is -0.229. The molecule has 118 valence electrons. The molecule has 0 aliphatic carbocycles. The number of carbonyl (C=O) groups is 1. The number of amides is 1. The average molecular weight is 291 g/mol. The zero-order valence-corrected chi connectivity index (χ0v) is 14.2. The molecular weight excluding hydrogens is 262 g/mol. The van der Waals surface area contributed by atoms with E-state index in [9.17, 15) is 4.79 Å². The molecule has 0 atom stereocenters. The molecule has 0 heterocycles. The van der Waals surface area contributed by atoms with E-state index in [1.165, 1.54) is 0 Å². The van der Waals surface area contributed by atoms with Crippen molar-refractivity contribution in [1.29, 1.82) is 0 Å². The number of hydrogen-bond donors (Lipinski definition) is 1. The average Bonchev–Trinajstić information content (AvgIpc) is 2.33. The van der Waals surface area contributed by atoms with Crippen LogP contribution in [0, 0.1) is 5.41 Å². The molecular formula is C18H29NO2. The lowest BCUT2D eigenvalue weighted by Gasteiger charge is -2.33. The second-order valence-corrected chi connectivity index (χ2v) is 7.45. The Balaban J connectivity index is 2.67. The van der Waals surface area contributed by atoms with Crippen molar-refractivity contribution in [3.63, 3.8) is 0 Å². The number of ether oxygens (including phenoxy) is 1. The fourth-order valence-corrected chi connectivity index (χ4v) is 2.67. The van der Waals surface area contributed by atoms with Crippen molar-refractivity contribution in [3.05, 3.63) is 29.8 Å². The van der Waals surface area contributed by atoms with Crippen LogP contribution < -0.4 is 10.1 Å². The molecule has 3 nitrogen and oxygen atoms in total. The molecule has 0 fully saturated rings. The van der Waals surface area contributed by atoms with Crippen molar-refractivity contribution in [2.24, 2.45) is 5.41 Å². The molecule has 1 amide bonds. The van der Waals surface area contributed by atoms with Gasteiger partial charge in [0.25, 0.3) is 5.91 Å². The molecule has 21 heavy (non-hydrogen) atoms. The van der Waals surface area contributed by atoms with Crippen molar-refractivity contribution in [1.82, 2.24) is 5.32 Å². The molecule has 1 rings (SSSR count). The maximum atomic E-state index is 12.3. The first-order chi connectivity index (χ1) is 9.63. The zero-order valence-electron chi connectivity index (χ0n) is 14.2. The first-order valence-corrected chi connectivity index (χ1v) is 7.68. The van der Waals surface area contributed by atoms with Gasteiger partial charge in [-0.1, -0.05) is 27.7 Å². The third-order valence-electron chi connectivity index (χ3n) is 3.01. The lowest BCUT2D eigenvalue weighted by Crippen LogP contribution is -2.45. The van der Waals surface area contributed by atoms with E-state index in [1.54, 1.807) is 0 Å². The molecule has 0 bridgehead atoms. The Kier molecular flexibility index (Phi) is 5.82. The van der Waals surface area contributed by atoms with Gasteiger partial charge in [0, 0.05) is 11.1 Å². The molecule has 1 aromatic rings. The normalized spacial score (nSPS) is 12.1. The van der Waals surface area contributed by atoms with Crippen molar-refractivity contribution < 1.29 is 9.53 Å². The number of carbonyl (C=O) groups excluding carboxylic acids is 1. The smallest absolute Gasteiger partial charge is 0.251 e. The standard InChI is InChI=1S/C18H29NO2/c1-7-12-21-15-10-8-14(9-11-15)16(20)19-18(5,6)13-17(2,3)4/h8-11H,7,12-13H2,1-6H3,(H,19,20). The fourth-order valence-electron chi connectivity index (χ4n) is 2.67. The Morgan fingerprint density at radius 2 is 1.67 bits per heavy atom. The third kappa shape index (κ3) is 6.65. The first kappa shape index (κ1) is 17.5. The van der Waals surface area contributed by atoms with Crippen LogP contribution in [-0.4, -0.2) is 18.1 Å². The summed E-state index contributed by atoms with van der Waals surface area (Å²) in [5, 5.41) is 3.11. The molecule has 0 aliphatic heterocycles. The van der Waals surface area contributed by atoms with Gasteiger partial charge >= 0.3 is 0 Å². The molecule has 0 radical (unpaired) electrons. The van der Waals surface area contributed by atoms with Crippen LogP contribution >= 0.6 is 0 Å². The highest BCUT2D eigenvalue weighted by Gasteiger charge is 2.27. The summed E-state index contributed by atoms with van der Waals surface area (Å²) in [7, 11) is 0. The Hall–Kier alpha value is -1.51. The molecule has 0 aromatic heterocycles. The zero-order chi connectivity index (χ0) is 16.1. The highest BCUT2D eigenvalue weighted by atomic mass is 16.5. The van der Waals surface area contributed by atoms with Gasteiger partial charge in [-0.2, -0.15) is 0 Å². The number of nitrogens with one attached hydrogen (secondary N) is 1. The molecule has 0 unspecified atom stereocenters. The van der Waals surface area contributed by atoms with Crippen LogP contribution in [0.25, 0.3) is 0 Å². The van der Waals surface area contributed by atoms with E-state index in [2.05, 4.69) is 46.9 Å². The van der Waals surface area contributed by atoms with E-state index in [0.29, 0.717) is 12.2 Å². The van der Waals surface area contributed by atoms with Crippen LogP contribution in [0.4, 0.5) is 0 Å². The van der Waals surface area contributed by atoms with E-state index < -0.39 is 0 Å². The second-order valence-electron chi connectivity index (χ2n) is 7.45. The topological polar surface area (TPSA) is 38.3 Å². The third-order valence-corrected chi connectivity index (χ3v) is 3.01. The van der Waals surface area contributed by atoms with Crippen molar-refractivity contribution in [2.45, 2.75) is 59.9 Å². The van der Waals surface area contributed by atoms with Gasteiger partial charge < -0.3 is 10.1 Å². The lowest BCUT2D eigenvalue weighted by atomic mass is 9.81. The summed E-state index contributed by atoms with van der Waals surface area (Å²) >= 11 is 0. The van der Waals surface area contributed by atoms with Crippen LogP contribution in [-0.2, 0) is 0 Å². The summed E-state index contributed by atoms with van der Waals surface area (Å²) < 4.78 is 5.52. The van der Waals surface area contributed by atoms with Gasteiger partial charge in [0.15, 0.2) is 0 Å². The SMILES string of the molecule is CCCOc1ccc(C(=O)NC(C)(C)CC(C)(C)C)cc1. The second kappa shape index (κ2) is 6.97. The van der Waals surface area contributed by atoms with E-state index in [0.717, 1.165) is 18.6 Å². The molecule has 0 saturated heterocycles. The van der Waals surface area contributed by atoms with Gasteiger partial charge in [-0.25, -0.2) is 0 Å². The highest BCUT2D eigenvalue weighted by molar-refractivity contribution is 5.94. The Bertz CT molecular complexity index is 455. The molecule has 0 saturated carbocycles. The summed E-state index contributed by atoms with van der Waals surface area (Å²) in [5.74, 6) is 0.772. The minimum absolute atomic E-state index is 0.0358. The summed E-state index contributed by atoms with van der Waals surface area (Å²) in [6.45, 7) is 13.4. The maximum Gasteiger partial charge on any atom is 0.251 e. The van der Waals surface area contributed by atoms with Crippen LogP contribution in [0.3, 0.4) is 0 Å². The quantitative estimate of drug-likeness (QED) is 0.842. The van der Waals surface area contributed by atoms with Crippen molar-refractivity contribution in [2.75, 3.05) is 6.61 Å². The van der Waals surface area contributed by atoms with Crippen molar-refractivity contribution >= 4 is 5.91 Å². The summed E-state index contributed by atoms with van der Waals surface area (Å²) in [4.78, 5) is 12.3. The predicted molar refractivity (Wildman–Crippen MR) is 87.8 cm³/mol. The lowest BCUT2D eigenvalue weighted by molar-refractivity contribution is 0.0891. The van der Waals surface area contributed by atoms with E-state index in [1.807, 2.05) is 24.3 Å². The van der Waals surface area contributed by atoms with E-state index in [-0.39, 0.29) is 16.9 Å². The van der Waals surface area contributed by atoms with E-state index >= 15 is 0 Å². The van der Waals surface area contributed by atoms with Gasteiger partial charge in [-0.05, 0) is 56.4 Å². The van der Waals surface area contributed by atoms with Gasteiger partial charge in [-0.3, -0.25) is 4.79 Å². The fraction of sp³-hybridized carbons (Fsp3) is 0.611. The van der Waals surface area contributed by atoms with Gasteiger partial charge in [0.1, 0.15) is 5.75 Å². The molecule has 0 aliphatic rings. The van der Waals surface area contributed by atoms with Crippen LogP contribution in [0.2, 0.25) is 0 Å². The Morgan fingerprint density at radius 1 is 1.10 bits per heavy atom. The Morgan fingerprint density at radius 3 is 2.14 bits per heavy atom. The van der Waals surface area contributed by atoms with Crippen molar-refractivity contribution in [3.8, 4) is 5.75 Å². The van der Waals surface area contributed by atoms with Crippen LogP contribution in [0.5, 0.6) is 5.75 Å². The monoisotopic (exact) mass is 291 g/mol. The summed E-state index contributed by atoms with van der Waals surface area (Å²) in [6, 6.07) is 7.32. The molecule has 3 heteroatoms. The predicted octanol–water partition coefficient (Wildman–Crippen LogP) is 4.42. The maximum absolute atomic E-state index is 12.3. The number of benzene rings is 1. The summed E-state index contributed by atoms with van der Waals surface area (Å²) in [6.07, 6.45) is 1.90. The van der Waals surface area contributed by atoms with E-state index in [4.69, 9.17) is 4.74 Å². The minimum Gasteiger partial charge on any atom is -0.494 e. The summed E-state index contributed by atoms with van der Waals surface area (Å²) in [5.41, 5.74) is 0.613. The van der Waals surface area contributed by atoms with Gasteiger partial charge in [0.05, 0.1) is 6.61 Å². The molecule has 1 N–H and O–H groups in total. The van der Waals surface area contributed by atoms with Crippen LogP contribution in [0.15, 0.2) is 24.3 Å². The first-order valence-electron chi connectivity index (χ1n) is 7.68. The number of hydrogen-bond acceptors (Lipinski definition) is 2. The largest absolute Gasteiger partial charge is 0.494 e. The Labute approximate surface area is 129 Å². The highest BCUT2D eigenvalue weighted by Crippen LogP contribution is 2.27. The van der Waals surface area contributed by atoms with Gasteiger partial charge in [-0.15, -0.1) is 0 Å². The van der Waals surface area contributed by atoms with Gasteiger partial charge in [0.2, 0.25) is 0 Å². The number of rotatable bonds is 6.